The Morgan fingerprint density at radius 2 is 1.67 bits per heavy atom. The van der Waals surface area contributed by atoms with E-state index in [4.69, 9.17) is 4.74 Å². The molecule has 1 amide bonds. The molecule has 0 spiro atoms. The van der Waals surface area contributed by atoms with Gasteiger partial charge in [-0.2, -0.15) is 5.10 Å². The smallest absolute Gasteiger partial charge is 0.263 e. The monoisotopic (exact) mass is 407 g/mol. The highest BCUT2D eigenvalue weighted by Gasteiger charge is 2.27. The topological polar surface area (TPSA) is 89.3 Å². The van der Waals surface area contributed by atoms with Crippen molar-refractivity contribution in [2.45, 2.75) is 26.9 Å². The molecule has 3 heterocycles. The van der Waals surface area contributed by atoms with E-state index >= 15 is 0 Å². The van der Waals surface area contributed by atoms with Gasteiger partial charge >= 0.3 is 0 Å². The van der Waals surface area contributed by atoms with E-state index in [0.29, 0.717) is 32.0 Å². The summed E-state index contributed by atoms with van der Waals surface area (Å²) in [5.41, 5.74) is 2.24. The number of ether oxygens (including phenoxy) is 1. The number of piperazine rings is 1. The maximum atomic E-state index is 12.9. The largest absolute Gasteiger partial charge is 0.481 e. The third kappa shape index (κ3) is 4.40. The number of aromatic nitrogens is 5. The lowest BCUT2D eigenvalue weighted by Gasteiger charge is -2.36. The van der Waals surface area contributed by atoms with Crippen LogP contribution in [-0.4, -0.2) is 67.8 Å². The average Bonchev–Trinajstić information content (AvgIpc) is 3.28. The van der Waals surface area contributed by atoms with Crippen molar-refractivity contribution in [1.29, 1.82) is 0 Å². The highest BCUT2D eigenvalue weighted by atomic mass is 16.5. The van der Waals surface area contributed by atoms with E-state index in [1.165, 1.54) is 12.7 Å². The fraction of sp³-hybridized carbons (Fsp3) is 0.381. The number of aryl methyl sites for hydroxylation is 2. The average molecular weight is 407 g/mol. The van der Waals surface area contributed by atoms with Crippen LogP contribution in [0.4, 0.5) is 5.82 Å². The molecule has 0 bridgehead atoms. The Kier molecular flexibility index (Phi) is 5.60. The van der Waals surface area contributed by atoms with Crippen LogP contribution in [0.15, 0.2) is 43.2 Å². The van der Waals surface area contributed by atoms with Crippen molar-refractivity contribution in [3.8, 4) is 11.6 Å². The molecule has 1 fully saturated rings. The SMILES string of the molecule is Cc1cc(C)cc(OC(C)C(=O)N2CCN(c3cc(-n4cncn4)ncn3)CC2)c1. The zero-order valence-corrected chi connectivity index (χ0v) is 17.4. The molecule has 0 saturated carbocycles. The molecule has 2 aromatic heterocycles. The van der Waals surface area contributed by atoms with Crippen LogP contribution in [0, 0.1) is 13.8 Å². The molecule has 9 heteroatoms. The van der Waals surface area contributed by atoms with Gasteiger partial charge in [0.1, 0.15) is 30.5 Å². The summed E-state index contributed by atoms with van der Waals surface area (Å²) >= 11 is 0. The van der Waals surface area contributed by atoms with Crippen LogP contribution in [0.25, 0.3) is 5.82 Å². The van der Waals surface area contributed by atoms with Gasteiger partial charge in [0.25, 0.3) is 5.91 Å². The van der Waals surface area contributed by atoms with Crippen molar-refractivity contribution in [3.05, 3.63) is 54.4 Å². The van der Waals surface area contributed by atoms with Gasteiger partial charge in [-0.15, -0.1) is 0 Å². The van der Waals surface area contributed by atoms with E-state index < -0.39 is 6.10 Å². The second-order valence-electron chi connectivity index (χ2n) is 7.47. The van der Waals surface area contributed by atoms with Crippen LogP contribution in [0.3, 0.4) is 0 Å². The molecule has 3 aromatic rings. The molecule has 1 aliphatic heterocycles. The first-order valence-electron chi connectivity index (χ1n) is 9.95. The fourth-order valence-corrected chi connectivity index (χ4v) is 3.63. The summed E-state index contributed by atoms with van der Waals surface area (Å²) in [6.45, 7) is 8.46. The Labute approximate surface area is 175 Å². The Balaban J connectivity index is 1.36. The predicted octanol–water partition coefficient (Wildman–Crippen LogP) is 1.79. The summed E-state index contributed by atoms with van der Waals surface area (Å²) in [4.78, 5) is 29.4. The van der Waals surface area contributed by atoms with Crippen LogP contribution < -0.4 is 9.64 Å². The maximum Gasteiger partial charge on any atom is 0.263 e. The summed E-state index contributed by atoms with van der Waals surface area (Å²) in [5, 5.41) is 4.10. The van der Waals surface area contributed by atoms with Crippen molar-refractivity contribution in [1.82, 2.24) is 29.6 Å². The lowest BCUT2D eigenvalue weighted by atomic mass is 10.1. The van der Waals surface area contributed by atoms with Gasteiger partial charge < -0.3 is 14.5 Å². The number of rotatable bonds is 5. The van der Waals surface area contributed by atoms with Gasteiger partial charge in [-0.3, -0.25) is 4.79 Å². The quantitative estimate of drug-likeness (QED) is 0.637. The number of nitrogens with zero attached hydrogens (tertiary/aromatic N) is 7. The molecule has 0 N–H and O–H groups in total. The van der Waals surface area contributed by atoms with Gasteiger partial charge in [0.2, 0.25) is 0 Å². The number of amides is 1. The second-order valence-corrected chi connectivity index (χ2v) is 7.47. The summed E-state index contributed by atoms with van der Waals surface area (Å²) in [7, 11) is 0. The lowest BCUT2D eigenvalue weighted by Crippen LogP contribution is -2.52. The van der Waals surface area contributed by atoms with Crippen molar-refractivity contribution < 1.29 is 9.53 Å². The molecule has 0 aliphatic carbocycles. The van der Waals surface area contributed by atoms with Gasteiger partial charge in [0.05, 0.1) is 0 Å². The van der Waals surface area contributed by atoms with E-state index in [0.717, 1.165) is 22.7 Å². The Morgan fingerprint density at radius 3 is 2.33 bits per heavy atom. The van der Waals surface area contributed by atoms with E-state index in [1.807, 2.05) is 36.9 Å². The van der Waals surface area contributed by atoms with E-state index in [2.05, 4.69) is 31.0 Å². The van der Waals surface area contributed by atoms with Gasteiger partial charge in [0, 0.05) is 32.2 Å². The molecule has 30 heavy (non-hydrogen) atoms. The molecule has 156 valence electrons. The molecule has 1 saturated heterocycles. The number of hydrogen-bond donors (Lipinski definition) is 0. The summed E-state index contributed by atoms with van der Waals surface area (Å²) in [6, 6.07) is 7.87. The van der Waals surface area contributed by atoms with Crippen LogP contribution in [0.5, 0.6) is 5.75 Å². The lowest BCUT2D eigenvalue weighted by molar-refractivity contribution is -0.138. The molecule has 1 unspecified atom stereocenters. The van der Waals surface area contributed by atoms with Gasteiger partial charge in [-0.05, 0) is 44.0 Å². The van der Waals surface area contributed by atoms with E-state index in [1.54, 1.807) is 17.9 Å². The number of hydrogen-bond acceptors (Lipinski definition) is 7. The van der Waals surface area contributed by atoms with Crippen molar-refractivity contribution in [3.63, 3.8) is 0 Å². The molecule has 1 atom stereocenters. The molecule has 4 rings (SSSR count). The first-order valence-corrected chi connectivity index (χ1v) is 9.95. The second kappa shape index (κ2) is 8.48. The number of carbonyl (C=O) groups excluding carboxylic acids is 1. The highest BCUT2D eigenvalue weighted by molar-refractivity contribution is 5.81. The van der Waals surface area contributed by atoms with Crippen molar-refractivity contribution >= 4 is 11.7 Å². The third-order valence-electron chi connectivity index (χ3n) is 5.06. The Hall–Kier alpha value is -3.49. The van der Waals surface area contributed by atoms with Crippen LogP contribution in [0.1, 0.15) is 18.1 Å². The van der Waals surface area contributed by atoms with Crippen LogP contribution in [0.2, 0.25) is 0 Å². The van der Waals surface area contributed by atoms with E-state index in [-0.39, 0.29) is 5.91 Å². The maximum absolute atomic E-state index is 12.9. The molecular formula is C21H25N7O2. The van der Waals surface area contributed by atoms with Gasteiger partial charge in [0.15, 0.2) is 11.9 Å². The van der Waals surface area contributed by atoms with Crippen LogP contribution in [-0.2, 0) is 4.79 Å². The van der Waals surface area contributed by atoms with E-state index in [9.17, 15) is 4.79 Å². The predicted molar refractivity (Wildman–Crippen MR) is 112 cm³/mol. The standard InChI is InChI=1S/C21H25N7O2/c1-15-8-16(2)10-18(9-15)30-17(3)21(29)27-6-4-26(5-7-27)19-11-20(24-13-23-19)28-14-22-12-25-28/h8-14,17H,4-7H2,1-3H3. The van der Waals surface area contributed by atoms with Crippen LogP contribution >= 0.6 is 0 Å². The number of carbonyl (C=O) groups is 1. The summed E-state index contributed by atoms with van der Waals surface area (Å²) < 4.78 is 7.51. The molecule has 9 nitrogen and oxygen atoms in total. The number of anilines is 1. The minimum absolute atomic E-state index is 0.000184. The zero-order valence-electron chi connectivity index (χ0n) is 17.4. The molecule has 1 aliphatic rings. The van der Waals surface area contributed by atoms with Gasteiger partial charge in [-0.25, -0.2) is 19.6 Å². The minimum atomic E-state index is -0.532. The first-order chi connectivity index (χ1) is 14.5. The zero-order chi connectivity index (χ0) is 21.1. The summed E-state index contributed by atoms with van der Waals surface area (Å²) in [5.74, 6) is 2.20. The molecule has 0 radical (unpaired) electrons. The minimum Gasteiger partial charge on any atom is -0.481 e. The van der Waals surface area contributed by atoms with Crippen molar-refractivity contribution in [2.24, 2.45) is 0 Å². The fourth-order valence-electron chi connectivity index (χ4n) is 3.63. The first kappa shape index (κ1) is 19.8. The summed E-state index contributed by atoms with van der Waals surface area (Å²) in [6.07, 6.45) is 4.05. The highest BCUT2D eigenvalue weighted by Crippen LogP contribution is 2.19. The Morgan fingerprint density at radius 1 is 0.967 bits per heavy atom. The molecular weight excluding hydrogens is 382 g/mol. The number of benzene rings is 1. The third-order valence-corrected chi connectivity index (χ3v) is 5.06. The van der Waals surface area contributed by atoms with Gasteiger partial charge in [-0.1, -0.05) is 6.07 Å². The molecule has 1 aromatic carbocycles. The normalized spacial score (nSPS) is 15.2. The van der Waals surface area contributed by atoms with Crippen molar-refractivity contribution in [2.75, 3.05) is 31.1 Å². The Bertz CT molecular complexity index is 994.